The predicted molar refractivity (Wildman–Crippen MR) is 88.8 cm³/mol. The van der Waals surface area contributed by atoms with Crippen molar-refractivity contribution in [2.24, 2.45) is 10.9 Å². The molecule has 1 aliphatic heterocycles. The van der Waals surface area contributed by atoms with Crippen LogP contribution in [0.25, 0.3) is 10.9 Å². The Bertz CT molecular complexity index is 882. The maximum absolute atomic E-state index is 12.9. The number of rotatable bonds is 2. The van der Waals surface area contributed by atoms with Gasteiger partial charge < -0.3 is 15.7 Å². The van der Waals surface area contributed by atoms with Crippen LogP contribution in [-0.4, -0.2) is 48.2 Å². The number of aliphatic hydroxyl groups excluding tert-OH is 1. The van der Waals surface area contributed by atoms with Gasteiger partial charge in [-0.15, -0.1) is 0 Å². The highest BCUT2D eigenvalue weighted by molar-refractivity contribution is 7.89. The third-order valence-electron chi connectivity index (χ3n) is 4.32. The van der Waals surface area contributed by atoms with E-state index in [9.17, 15) is 18.3 Å². The largest absolute Gasteiger partial charge is 0.393 e. The summed E-state index contributed by atoms with van der Waals surface area (Å²) in [5.41, 5.74) is 6.72. The Kier molecular flexibility index (Phi) is 4.35. The van der Waals surface area contributed by atoms with Gasteiger partial charge in [0.05, 0.1) is 16.5 Å². The molecule has 130 valence electrons. The van der Waals surface area contributed by atoms with Crippen LogP contribution in [0.3, 0.4) is 0 Å². The second-order valence-electron chi connectivity index (χ2n) is 5.91. The maximum atomic E-state index is 12.9. The number of hydrogen-bond donors (Lipinski definition) is 3. The lowest BCUT2D eigenvalue weighted by atomic mass is 10.1. The molecule has 8 nitrogen and oxygen atoms in total. The highest BCUT2D eigenvalue weighted by Crippen LogP contribution is 2.27. The Hall–Kier alpha value is -1.94. The number of amides is 1. The molecule has 0 aliphatic carbocycles. The van der Waals surface area contributed by atoms with Gasteiger partial charge in [0.25, 0.3) is 0 Å². The fraction of sp³-hybridized carbons (Fsp3) is 0.400. The Morgan fingerprint density at radius 1 is 1.29 bits per heavy atom. The fourth-order valence-electron chi connectivity index (χ4n) is 3.08. The van der Waals surface area contributed by atoms with Crippen molar-refractivity contribution in [3.8, 4) is 0 Å². The third-order valence-corrected chi connectivity index (χ3v) is 5.29. The number of aliphatic hydroxyl groups is 1. The van der Waals surface area contributed by atoms with Gasteiger partial charge in [-0.2, -0.15) is 0 Å². The Morgan fingerprint density at radius 3 is 2.54 bits per heavy atom. The van der Waals surface area contributed by atoms with Crippen molar-refractivity contribution < 1.29 is 18.3 Å². The molecule has 1 amide bonds. The summed E-state index contributed by atoms with van der Waals surface area (Å²) in [6, 6.07) is 5.94. The lowest BCUT2D eigenvalue weighted by Crippen LogP contribution is -2.42. The molecular weight excluding hydrogens is 332 g/mol. The molecule has 1 aromatic carbocycles. The van der Waals surface area contributed by atoms with E-state index in [1.54, 1.807) is 23.1 Å². The van der Waals surface area contributed by atoms with Crippen LogP contribution in [0.5, 0.6) is 0 Å². The van der Waals surface area contributed by atoms with Crippen molar-refractivity contribution in [3.63, 3.8) is 0 Å². The standard InChI is InChI=1S/C15H20N4O4S/c16-9-10-8-12-13(2-1-3-14(12)24(17,22)23)19(10)15(21)18-6-4-11(20)5-7-18/h1-3,8,11,20H,4-7,9,16H2,(H2,17,22,23). The molecule has 2 heterocycles. The summed E-state index contributed by atoms with van der Waals surface area (Å²) in [6.07, 6.45) is 0.648. The normalized spacial score (nSPS) is 16.7. The molecule has 3 rings (SSSR count). The van der Waals surface area contributed by atoms with Crippen LogP contribution in [0, 0.1) is 0 Å². The highest BCUT2D eigenvalue weighted by atomic mass is 32.2. The molecule has 0 bridgehead atoms. The van der Waals surface area contributed by atoms with Crippen LogP contribution >= 0.6 is 0 Å². The molecule has 0 atom stereocenters. The molecule has 0 saturated carbocycles. The molecular formula is C15H20N4O4S. The lowest BCUT2D eigenvalue weighted by molar-refractivity contribution is 0.0942. The number of primary sulfonamides is 1. The van der Waals surface area contributed by atoms with Gasteiger partial charge in [-0.3, -0.25) is 4.57 Å². The molecule has 1 saturated heterocycles. The first kappa shape index (κ1) is 16.9. The van der Waals surface area contributed by atoms with Crippen LogP contribution in [0.2, 0.25) is 0 Å². The van der Waals surface area contributed by atoms with E-state index in [1.807, 2.05) is 0 Å². The number of fused-ring (bicyclic) bond motifs is 1. The minimum absolute atomic E-state index is 0.0321. The van der Waals surface area contributed by atoms with Crippen molar-refractivity contribution in [1.82, 2.24) is 9.47 Å². The second kappa shape index (κ2) is 6.17. The molecule has 0 spiro atoms. The number of carbonyl (C=O) groups is 1. The van der Waals surface area contributed by atoms with Gasteiger partial charge in [0, 0.05) is 30.7 Å². The molecule has 0 radical (unpaired) electrons. The van der Waals surface area contributed by atoms with E-state index in [-0.39, 0.29) is 17.5 Å². The zero-order chi connectivity index (χ0) is 17.5. The summed E-state index contributed by atoms with van der Waals surface area (Å²) in [6.45, 7) is 0.970. The van der Waals surface area contributed by atoms with Gasteiger partial charge in [0.2, 0.25) is 10.0 Å². The number of piperidine rings is 1. The van der Waals surface area contributed by atoms with Crippen molar-refractivity contribution in [3.05, 3.63) is 30.0 Å². The molecule has 2 aromatic rings. The number of likely N-dealkylation sites (tertiary alicyclic amines) is 1. The molecule has 1 aromatic heterocycles. The number of hydrogen-bond acceptors (Lipinski definition) is 5. The Morgan fingerprint density at radius 2 is 1.96 bits per heavy atom. The Balaban J connectivity index is 2.12. The summed E-state index contributed by atoms with van der Waals surface area (Å²) in [5.74, 6) is 0. The third kappa shape index (κ3) is 2.91. The van der Waals surface area contributed by atoms with Crippen molar-refractivity contribution >= 4 is 27.0 Å². The van der Waals surface area contributed by atoms with E-state index in [1.165, 1.54) is 10.6 Å². The van der Waals surface area contributed by atoms with Gasteiger partial charge in [-0.05, 0) is 31.0 Å². The number of benzene rings is 1. The number of sulfonamides is 1. The summed E-state index contributed by atoms with van der Waals surface area (Å²) in [4.78, 5) is 14.5. The zero-order valence-corrected chi connectivity index (χ0v) is 13.9. The molecule has 9 heteroatoms. The average Bonchev–Trinajstić information content (AvgIpc) is 2.92. The summed E-state index contributed by atoms with van der Waals surface area (Å²) in [7, 11) is -3.91. The van der Waals surface area contributed by atoms with Gasteiger partial charge in [0.15, 0.2) is 0 Å². The summed E-state index contributed by atoms with van der Waals surface area (Å²) < 4.78 is 25.0. The number of nitrogens with zero attached hydrogens (tertiary/aromatic N) is 2. The van der Waals surface area contributed by atoms with Crippen LogP contribution in [-0.2, 0) is 16.6 Å². The van der Waals surface area contributed by atoms with Gasteiger partial charge in [-0.1, -0.05) is 6.07 Å². The molecule has 1 aliphatic rings. The summed E-state index contributed by atoms with van der Waals surface area (Å²) in [5, 5.41) is 15.2. The fourth-order valence-corrected chi connectivity index (χ4v) is 3.82. The van der Waals surface area contributed by atoms with E-state index < -0.39 is 16.1 Å². The van der Waals surface area contributed by atoms with E-state index in [0.717, 1.165) is 0 Å². The Labute approximate surface area is 139 Å². The van der Waals surface area contributed by atoms with Gasteiger partial charge in [0.1, 0.15) is 0 Å². The minimum atomic E-state index is -3.91. The minimum Gasteiger partial charge on any atom is -0.393 e. The van der Waals surface area contributed by atoms with Crippen molar-refractivity contribution in [1.29, 1.82) is 0 Å². The first-order chi connectivity index (χ1) is 11.3. The highest BCUT2D eigenvalue weighted by Gasteiger charge is 2.26. The molecule has 24 heavy (non-hydrogen) atoms. The molecule has 5 N–H and O–H groups in total. The van der Waals surface area contributed by atoms with Gasteiger partial charge >= 0.3 is 6.03 Å². The predicted octanol–water partition coefficient (Wildman–Crippen LogP) is 0.172. The second-order valence-corrected chi connectivity index (χ2v) is 7.44. The monoisotopic (exact) mass is 352 g/mol. The quantitative estimate of drug-likeness (QED) is 0.709. The molecule has 0 unspecified atom stereocenters. The number of carbonyl (C=O) groups excluding carboxylic acids is 1. The van der Waals surface area contributed by atoms with E-state index >= 15 is 0 Å². The van der Waals surface area contributed by atoms with Gasteiger partial charge in [-0.25, -0.2) is 18.4 Å². The number of aromatic nitrogens is 1. The molecule has 1 fully saturated rings. The van der Waals surface area contributed by atoms with E-state index in [0.29, 0.717) is 42.5 Å². The lowest BCUT2D eigenvalue weighted by Gasteiger charge is -2.30. The number of nitrogens with two attached hydrogens (primary N) is 2. The van der Waals surface area contributed by atoms with Crippen LogP contribution in [0.4, 0.5) is 4.79 Å². The van der Waals surface area contributed by atoms with Crippen molar-refractivity contribution in [2.45, 2.75) is 30.4 Å². The van der Waals surface area contributed by atoms with Crippen molar-refractivity contribution in [2.75, 3.05) is 13.1 Å². The maximum Gasteiger partial charge on any atom is 0.328 e. The first-order valence-electron chi connectivity index (χ1n) is 7.66. The van der Waals surface area contributed by atoms with E-state index in [2.05, 4.69) is 0 Å². The SMILES string of the molecule is NCc1cc2c(S(N)(=O)=O)cccc2n1C(=O)N1CCC(O)CC1. The van der Waals surface area contributed by atoms with Crippen LogP contribution in [0.1, 0.15) is 18.5 Å². The summed E-state index contributed by atoms with van der Waals surface area (Å²) >= 11 is 0. The smallest absolute Gasteiger partial charge is 0.328 e. The average molecular weight is 352 g/mol. The van der Waals surface area contributed by atoms with Crippen LogP contribution in [0.15, 0.2) is 29.2 Å². The zero-order valence-electron chi connectivity index (χ0n) is 13.1. The van der Waals surface area contributed by atoms with E-state index in [4.69, 9.17) is 10.9 Å². The first-order valence-corrected chi connectivity index (χ1v) is 9.21. The van der Waals surface area contributed by atoms with Crippen LogP contribution < -0.4 is 10.9 Å². The topological polar surface area (TPSA) is 132 Å².